The molecule has 4 nitrogen and oxygen atoms in total. The summed E-state index contributed by atoms with van der Waals surface area (Å²) in [6.07, 6.45) is 0.261. The van der Waals surface area contributed by atoms with E-state index in [1.807, 2.05) is 6.07 Å². The maximum atomic E-state index is 12.1. The number of phenols is 1. The summed E-state index contributed by atoms with van der Waals surface area (Å²) in [4.78, 5) is 13.5. The predicted molar refractivity (Wildman–Crippen MR) is 67.6 cm³/mol. The molecule has 0 aromatic heterocycles. The third-order valence-electron chi connectivity index (χ3n) is 2.56. The van der Waals surface area contributed by atoms with Crippen molar-refractivity contribution in [2.75, 3.05) is 7.05 Å². The third-order valence-corrected chi connectivity index (χ3v) is 3.05. The number of rotatable bonds is 3. The van der Waals surface area contributed by atoms with Crippen LogP contribution >= 0.6 is 15.9 Å². The standard InChI is InChI=1S/C12H13BrN2O2/c1-8(5-6-14)15(2)12(17)10-7-9(13)3-4-11(10)16/h3-4,7-8,16H,5H2,1-2H3. The highest BCUT2D eigenvalue weighted by atomic mass is 79.9. The second kappa shape index (κ2) is 5.69. The molecule has 0 aliphatic carbocycles. The molecule has 1 unspecified atom stereocenters. The quantitative estimate of drug-likeness (QED) is 0.932. The molecule has 0 fully saturated rings. The van der Waals surface area contributed by atoms with Gasteiger partial charge in [0.15, 0.2) is 0 Å². The Hall–Kier alpha value is -1.54. The fourth-order valence-electron chi connectivity index (χ4n) is 1.34. The molecule has 17 heavy (non-hydrogen) atoms. The van der Waals surface area contributed by atoms with Gasteiger partial charge in [-0.2, -0.15) is 5.26 Å². The average molecular weight is 297 g/mol. The number of phenolic OH excluding ortho intramolecular Hbond substituents is 1. The number of nitrogens with zero attached hydrogens (tertiary/aromatic N) is 2. The van der Waals surface area contributed by atoms with Gasteiger partial charge in [-0.3, -0.25) is 4.79 Å². The van der Waals surface area contributed by atoms with Gasteiger partial charge in [0, 0.05) is 17.6 Å². The van der Waals surface area contributed by atoms with E-state index in [0.717, 1.165) is 4.47 Å². The van der Waals surface area contributed by atoms with Gasteiger partial charge in [-0.15, -0.1) is 0 Å². The van der Waals surface area contributed by atoms with Crippen LogP contribution in [-0.4, -0.2) is 29.0 Å². The largest absolute Gasteiger partial charge is 0.507 e. The van der Waals surface area contributed by atoms with Gasteiger partial charge in [-0.1, -0.05) is 15.9 Å². The Morgan fingerprint density at radius 1 is 1.65 bits per heavy atom. The molecule has 0 aliphatic heterocycles. The van der Waals surface area contributed by atoms with Crippen LogP contribution in [0.4, 0.5) is 0 Å². The molecular weight excluding hydrogens is 284 g/mol. The number of halogens is 1. The average Bonchev–Trinajstić information content (AvgIpc) is 2.30. The molecule has 1 rings (SSSR count). The summed E-state index contributed by atoms with van der Waals surface area (Å²) in [6, 6.07) is 6.50. The van der Waals surface area contributed by atoms with Crippen molar-refractivity contribution in [3.8, 4) is 11.8 Å². The molecule has 0 saturated carbocycles. The summed E-state index contributed by atoms with van der Waals surface area (Å²) in [6.45, 7) is 1.79. The van der Waals surface area contributed by atoms with E-state index in [4.69, 9.17) is 5.26 Å². The zero-order valence-electron chi connectivity index (χ0n) is 9.64. The van der Waals surface area contributed by atoms with Crippen LogP contribution < -0.4 is 0 Å². The lowest BCUT2D eigenvalue weighted by Crippen LogP contribution is -2.34. The zero-order chi connectivity index (χ0) is 13.0. The molecule has 0 heterocycles. The van der Waals surface area contributed by atoms with Crippen molar-refractivity contribution in [1.29, 1.82) is 5.26 Å². The second-order valence-corrected chi connectivity index (χ2v) is 4.70. The van der Waals surface area contributed by atoms with Crippen LogP contribution in [0, 0.1) is 11.3 Å². The van der Waals surface area contributed by atoms with E-state index >= 15 is 0 Å². The number of aromatic hydroxyl groups is 1. The smallest absolute Gasteiger partial charge is 0.257 e. The number of hydrogen-bond acceptors (Lipinski definition) is 3. The van der Waals surface area contributed by atoms with Gasteiger partial charge in [0.2, 0.25) is 0 Å². The molecule has 1 N–H and O–H groups in total. The summed E-state index contributed by atoms with van der Waals surface area (Å²) in [5, 5.41) is 18.2. The van der Waals surface area contributed by atoms with Crippen molar-refractivity contribution < 1.29 is 9.90 Å². The van der Waals surface area contributed by atoms with Crippen LogP contribution in [0.3, 0.4) is 0 Å². The molecule has 0 radical (unpaired) electrons. The minimum Gasteiger partial charge on any atom is -0.507 e. The van der Waals surface area contributed by atoms with Gasteiger partial charge >= 0.3 is 0 Å². The monoisotopic (exact) mass is 296 g/mol. The molecule has 1 amide bonds. The highest BCUT2D eigenvalue weighted by molar-refractivity contribution is 9.10. The van der Waals surface area contributed by atoms with Crippen molar-refractivity contribution in [1.82, 2.24) is 4.90 Å². The van der Waals surface area contributed by atoms with Crippen molar-refractivity contribution >= 4 is 21.8 Å². The second-order valence-electron chi connectivity index (χ2n) is 3.79. The SMILES string of the molecule is CC(CC#N)N(C)C(=O)c1cc(Br)ccc1O. The first-order chi connectivity index (χ1) is 7.97. The van der Waals surface area contributed by atoms with Gasteiger partial charge in [0.05, 0.1) is 18.1 Å². The van der Waals surface area contributed by atoms with Crippen molar-refractivity contribution in [2.24, 2.45) is 0 Å². The van der Waals surface area contributed by atoms with Gasteiger partial charge in [-0.05, 0) is 25.1 Å². The highest BCUT2D eigenvalue weighted by Gasteiger charge is 2.20. The first kappa shape index (κ1) is 13.5. The number of carbonyl (C=O) groups is 1. The molecule has 1 aromatic carbocycles. The number of amides is 1. The molecule has 0 spiro atoms. The van der Waals surface area contributed by atoms with E-state index in [9.17, 15) is 9.90 Å². The lowest BCUT2D eigenvalue weighted by atomic mass is 10.1. The summed E-state index contributed by atoms with van der Waals surface area (Å²) in [5.74, 6) is -0.360. The van der Waals surface area contributed by atoms with E-state index in [1.54, 1.807) is 26.1 Å². The Kier molecular flexibility index (Phi) is 4.53. The molecule has 90 valence electrons. The summed E-state index contributed by atoms with van der Waals surface area (Å²) in [7, 11) is 1.62. The van der Waals surface area contributed by atoms with Crippen LogP contribution in [-0.2, 0) is 0 Å². The van der Waals surface area contributed by atoms with Crippen molar-refractivity contribution in [3.05, 3.63) is 28.2 Å². The van der Waals surface area contributed by atoms with E-state index in [2.05, 4.69) is 15.9 Å². The highest BCUT2D eigenvalue weighted by Crippen LogP contribution is 2.23. The molecule has 0 saturated heterocycles. The first-order valence-corrected chi connectivity index (χ1v) is 5.89. The minimum absolute atomic E-state index is 0.0609. The Morgan fingerprint density at radius 2 is 2.29 bits per heavy atom. The third kappa shape index (κ3) is 3.21. The molecule has 1 aromatic rings. The topological polar surface area (TPSA) is 64.3 Å². The number of benzene rings is 1. The van der Waals surface area contributed by atoms with Gasteiger partial charge in [0.25, 0.3) is 5.91 Å². The normalized spacial score (nSPS) is 11.6. The fraction of sp³-hybridized carbons (Fsp3) is 0.333. The van der Waals surface area contributed by atoms with Crippen LogP contribution in [0.2, 0.25) is 0 Å². The Labute approximate surface area is 109 Å². The van der Waals surface area contributed by atoms with Crippen LogP contribution in [0.5, 0.6) is 5.75 Å². The minimum atomic E-state index is -0.299. The maximum Gasteiger partial charge on any atom is 0.257 e. The maximum absolute atomic E-state index is 12.1. The molecular formula is C12H13BrN2O2. The van der Waals surface area contributed by atoms with E-state index in [0.29, 0.717) is 0 Å². The first-order valence-electron chi connectivity index (χ1n) is 5.10. The van der Waals surface area contributed by atoms with E-state index in [-0.39, 0.29) is 29.7 Å². The Balaban J connectivity index is 2.96. The number of nitriles is 1. The molecule has 1 atom stereocenters. The van der Waals surface area contributed by atoms with E-state index < -0.39 is 0 Å². The molecule has 5 heteroatoms. The zero-order valence-corrected chi connectivity index (χ0v) is 11.2. The predicted octanol–water partition coefficient (Wildman–Crippen LogP) is 2.53. The number of carbonyl (C=O) groups excluding carboxylic acids is 1. The molecule has 0 bridgehead atoms. The van der Waals surface area contributed by atoms with Crippen LogP contribution in [0.25, 0.3) is 0 Å². The fourth-order valence-corrected chi connectivity index (χ4v) is 1.70. The summed E-state index contributed by atoms with van der Waals surface area (Å²) >= 11 is 3.25. The van der Waals surface area contributed by atoms with Gasteiger partial charge in [-0.25, -0.2) is 0 Å². The summed E-state index contributed by atoms with van der Waals surface area (Å²) in [5.41, 5.74) is 0.228. The van der Waals surface area contributed by atoms with Gasteiger partial charge in [0.1, 0.15) is 5.75 Å². The van der Waals surface area contributed by atoms with Crippen molar-refractivity contribution in [3.63, 3.8) is 0 Å². The lowest BCUT2D eigenvalue weighted by molar-refractivity contribution is 0.0743. The van der Waals surface area contributed by atoms with Crippen LogP contribution in [0.1, 0.15) is 23.7 Å². The summed E-state index contributed by atoms with van der Waals surface area (Å²) < 4.78 is 0.722. The molecule has 0 aliphatic rings. The van der Waals surface area contributed by atoms with Crippen molar-refractivity contribution in [2.45, 2.75) is 19.4 Å². The number of hydrogen-bond donors (Lipinski definition) is 1. The van der Waals surface area contributed by atoms with Gasteiger partial charge < -0.3 is 10.0 Å². The van der Waals surface area contributed by atoms with Crippen LogP contribution in [0.15, 0.2) is 22.7 Å². The Morgan fingerprint density at radius 3 is 2.88 bits per heavy atom. The lowest BCUT2D eigenvalue weighted by Gasteiger charge is -2.23. The Bertz CT molecular complexity index is 468. The van der Waals surface area contributed by atoms with E-state index in [1.165, 1.54) is 11.0 Å².